The van der Waals surface area contributed by atoms with Crippen LogP contribution < -0.4 is 14.4 Å². The van der Waals surface area contributed by atoms with E-state index in [-0.39, 0.29) is 5.78 Å². The molecule has 0 spiro atoms. The third-order valence-electron chi connectivity index (χ3n) is 5.42. The topological polar surface area (TPSA) is 51.1 Å². The highest BCUT2D eigenvalue weighted by Crippen LogP contribution is 2.41. The minimum absolute atomic E-state index is 0.00745. The Hall–Kier alpha value is -4.12. The highest BCUT2D eigenvalue weighted by atomic mass is 16.5. The molecule has 0 aromatic heterocycles. The summed E-state index contributed by atoms with van der Waals surface area (Å²) in [4.78, 5) is 19.7. The smallest absolute Gasteiger partial charge is 0.188 e. The summed E-state index contributed by atoms with van der Waals surface area (Å²) in [7, 11) is 3.28. The molecule has 0 amide bonds. The molecule has 31 heavy (non-hydrogen) atoms. The lowest BCUT2D eigenvalue weighted by atomic mass is 9.90. The van der Waals surface area contributed by atoms with Gasteiger partial charge >= 0.3 is 0 Å². The first kappa shape index (κ1) is 18.9. The van der Waals surface area contributed by atoms with E-state index in [4.69, 9.17) is 14.5 Å². The van der Waals surface area contributed by atoms with Gasteiger partial charge in [-0.05, 0) is 60.2 Å². The monoisotopic (exact) mass is 408 g/mol. The number of benzene rings is 3. The fourth-order valence-electron chi connectivity index (χ4n) is 3.88. The number of hydrogen-bond acceptors (Lipinski definition) is 4. The summed E-state index contributed by atoms with van der Waals surface area (Å²) in [5, 5.41) is 0. The Morgan fingerprint density at radius 1 is 0.742 bits per heavy atom. The van der Waals surface area contributed by atoms with Crippen molar-refractivity contribution in [3.05, 3.63) is 102 Å². The van der Waals surface area contributed by atoms with Gasteiger partial charge in [-0.25, -0.2) is 4.99 Å². The van der Waals surface area contributed by atoms with Gasteiger partial charge in [-0.15, -0.1) is 0 Å². The molecule has 0 unspecified atom stereocenters. The number of allylic oxidation sites excluding steroid dienone is 2. The lowest BCUT2D eigenvalue weighted by Crippen LogP contribution is -2.26. The molecule has 1 aliphatic heterocycles. The first-order valence-electron chi connectivity index (χ1n) is 9.92. The van der Waals surface area contributed by atoms with Crippen molar-refractivity contribution in [1.82, 2.24) is 0 Å². The van der Waals surface area contributed by atoms with Gasteiger partial charge < -0.3 is 9.47 Å². The summed E-state index contributed by atoms with van der Waals surface area (Å²) in [5.41, 5.74) is 5.13. The lowest BCUT2D eigenvalue weighted by molar-refractivity contribution is 0.104. The van der Waals surface area contributed by atoms with Crippen LogP contribution in [0.25, 0.3) is 5.57 Å². The van der Waals surface area contributed by atoms with Crippen molar-refractivity contribution in [2.24, 2.45) is 4.99 Å². The molecule has 0 saturated carbocycles. The number of amidine groups is 1. The maximum absolute atomic E-state index is 12.8. The number of methoxy groups -OCH3 is 2. The second-order valence-electron chi connectivity index (χ2n) is 7.20. The van der Waals surface area contributed by atoms with Crippen LogP contribution in [0.5, 0.6) is 11.5 Å². The average molecular weight is 408 g/mol. The Kier molecular flexibility index (Phi) is 4.64. The number of fused-ring (bicyclic) bond motifs is 3. The first-order valence-corrected chi connectivity index (χ1v) is 9.92. The molecule has 2 aliphatic rings. The molecule has 1 heterocycles. The summed E-state index contributed by atoms with van der Waals surface area (Å²) < 4.78 is 10.6. The molecule has 0 fully saturated rings. The van der Waals surface area contributed by atoms with Crippen molar-refractivity contribution in [3.8, 4) is 11.5 Å². The van der Waals surface area contributed by atoms with Crippen LogP contribution in [0.1, 0.15) is 15.9 Å². The molecule has 5 nitrogen and oxygen atoms in total. The van der Waals surface area contributed by atoms with E-state index in [9.17, 15) is 4.79 Å². The quantitative estimate of drug-likeness (QED) is 0.579. The Bertz CT molecular complexity index is 1250. The van der Waals surface area contributed by atoms with Gasteiger partial charge in [0.05, 0.1) is 25.6 Å². The molecular weight excluding hydrogens is 388 g/mol. The van der Waals surface area contributed by atoms with Crippen LogP contribution in [0.15, 0.2) is 95.6 Å². The number of anilines is 1. The van der Waals surface area contributed by atoms with Gasteiger partial charge in [0.1, 0.15) is 17.3 Å². The van der Waals surface area contributed by atoms with E-state index < -0.39 is 0 Å². The molecule has 152 valence electrons. The molecular formula is C26H20N2O3. The van der Waals surface area contributed by atoms with E-state index in [1.54, 1.807) is 20.3 Å². The second-order valence-corrected chi connectivity index (χ2v) is 7.20. The molecule has 0 bridgehead atoms. The van der Waals surface area contributed by atoms with Crippen molar-refractivity contribution >= 4 is 28.6 Å². The molecule has 3 aromatic carbocycles. The SMILES string of the molecule is COc1ccc(N=C2C=C3C(=CC(=O)c4ccccc43)N2c2ccc(OC)cc2)cc1. The van der Waals surface area contributed by atoms with Crippen molar-refractivity contribution in [1.29, 1.82) is 0 Å². The number of aliphatic imine (C=N–C) groups is 1. The third kappa shape index (κ3) is 3.30. The molecule has 1 aliphatic carbocycles. The number of rotatable bonds is 4. The van der Waals surface area contributed by atoms with Gasteiger partial charge in [0, 0.05) is 22.9 Å². The van der Waals surface area contributed by atoms with Crippen molar-refractivity contribution in [2.75, 3.05) is 19.1 Å². The predicted molar refractivity (Wildman–Crippen MR) is 122 cm³/mol. The molecule has 0 atom stereocenters. The molecule has 5 rings (SSSR count). The van der Waals surface area contributed by atoms with Gasteiger partial charge in [-0.3, -0.25) is 9.69 Å². The summed E-state index contributed by atoms with van der Waals surface area (Å²) in [6, 6.07) is 23.0. The Morgan fingerprint density at radius 3 is 2.00 bits per heavy atom. The van der Waals surface area contributed by atoms with Crippen molar-refractivity contribution in [3.63, 3.8) is 0 Å². The highest BCUT2D eigenvalue weighted by molar-refractivity contribution is 6.26. The van der Waals surface area contributed by atoms with Crippen LogP contribution in [-0.2, 0) is 0 Å². The van der Waals surface area contributed by atoms with E-state index >= 15 is 0 Å². The minimum atomic E-state index is -0.00745. The maximum Gasteiger partial charge on any atom is 0.188 e. The maximum atomic E-state index is 12.8. The number of nitrogens with zero attached hydrogens (tertiary/aromatic N) is 2. The second kappa shape index (κ2) is 7.61. The minimum Gasteiger partial charge on any atom is -0.497 e. The van der Waals surface area contributed by atoms with Crippen molar-refractivity contribution < 1.29 is 14.3 Å². The molecule has 5 heteroatoms. The van der Waals surface area contributed by atoms with E-state index in [1.165, 1.54) is 0 Å². The van der Waals surface area contributed by atoms with E-state index in [1.807, 2.05) is 83.8 Å². The van der Waals surface area contributed by atoms with Crippen LogP contribution in [0.2, 0.25) is 0 Å². The Labute approximate surface area is 180 Å². The zero-order valence-electron chi connectivity index (χ0n) is 17.2. The normalized spacial score (nSPS) is 15.9. The predicted octanol–water partition coefficient (Wildman–Crippen LogP) is 5.42. The zero-order chi connectivity index (χ0) is 21.4. The van der Waals surface area contributed by atoms with Gasteiger partial charge in [0.25, 0.3) is 0 Å². The molecule has 3 aromatic rings. The summed E-state index contributed by atoms with van der Waals surface area (Å²) in [6.07, 6.45) is 3.72. The summed E-state index contributed by atoms with van der Waals surface area (Å²) >= 11 is 0. The summed E-state index contributed by atoms with van der Waals surface area (Å²) in [5.74, 6) is 2.27. The average Bonchev–Trinajstić information content (AvgIpc) is 3.17. The fourth-order valence-corrected chi connectivity index (χ4v) is 3.88. The van der Waals surface area contributed by atoms with E-state index in [0.717, 1.165) is 45.5 Å². The largest absolute Gasteiger partial charge is 0.497 e. The molecule has 0 N–H and O–H groups in total. The van der Waals surface area contributed by atoms with E-state index in [0.29, 0.717) is 5.56 Å². The first-order chi connectivity index (χ1) is 15.2. The number of ether oxygens (including phenoxy) is 2. The van der Waals surface area contributed by atoms with Gasteiger partial charge in [-0.1, -0.05) is 24.3 Å². The lowest BCUT2D eigenvalue weighted by Gasteiger charge is -2.25. The van der Waals surface area contributed by atoms with Crippen LogP contribution >= 0.6 is 0 Å². The fraction of sp³-hybridized carbons (Fsp3) is 0.0769. The van der Waals surface area contributed by atoms with Crippen LogP contribution in [-0.4, -0.2) is 25.8 Å². The number of carbonyl (C=O) groups is 1. The Morgan fingerprint density at radius 2 is 1.35 bits per heavy atom. The zero-order valence-corrected chi connectivity index (χ0v) is 17.2. The standard InChI is InChI=1S/C26H20N2O3/c1-30-19-11-7-17(8-12-19)27-26-15-23-21-5-3-4-6-22(21)25(29)16-24(23)28(26)18-9-13-20(31-2)14-10-18/h3-16H,1-2H3. The number of ketones is 1. The van der Waals surface area contributed by atoms with Gasteiger partial charge in [0.15, 0.2) is 5.78 Å². The van der Waals surface area contributed by atoms with Crippen LogP contribution in [0.3, 0.4) is 0 Å². The number of carbonyl (C=O) groups excluding carboxylic acids is 1. The van der Waals surface area contributed by atoms with Crippen LogP contribution in [0, 0.1) is 0 Å². The Balaban J connectivity index is 1.66. The third-order valence-corrected chi connectivity index (χ3v) is 5.42. The number of hydrogen-bond donors (Lipinski definition) is 0. The van der Waals surface area contributed by atoms with Crippen LogP contribution in [0.4, 0.5) is 11.4 Å². The molecule has 0 saturated heterocycles. The van der Waals surface area contributed by atoms with E-state index in [2.05, 4.69) is 0 Å². The summed E-state index contributed by atoms with van der Waals surface area (Å²) in [6.45, 7) is 0. The highest BCUT2D eigenvalue weighted by Gasteiger charge is 2.33. The van der Waals surface area contributed by atoms with Gasteiger partial charge in [0.2, 0.25) is 0 Å². The van der Waals surface area contributed by atoms with Crippen molar-refractivity contribution in [2.45, 2.75) is 0 Å². The molecule has 0 radical (unpaired) electrons. The van der Waals surface area contributed by atoms with Gasteiger partial charge in [-0.2, -0.15) is 0 Å².